The van der Waals surface area contributed by atoms with Crippen molar-refractivity contribution in [2.45, 2.75) is 20.8 Å². The molecule has 0 aliphatic heterocycles. The predicted octanol–water partition coefficient (Wildman–Crippen LogP) is 1.78. The number of carbonyl (C=O) groups excluding carboxylic acids is 3. The summed E-state index contributed by atoms with van der Waals surface area (Å²) in [6.45, 7) is 5.14. The molecule has 0 aromatic heterocycles. The molecule has 21 heavy (non-hydrogen) atoms. The van der Waals surface area contributed by atoms with Crippen molar-refractivity contribution in [2.24, 2.45) is 5.41 Å². The minimum absolute atomic E-state index is 0.0696. The Hall–Kier alpha value is -2.37. The Kier molecular flexibility index (Phi) is 5.46. The van der Waals surface area contributed by atoms with Gasteiger partial charge in [-0.2, -0.15) is 0 Å². The minimum Gasteiger partial charge on any atom is -0.359 e. The van der Waals surface area contributed by atoms with E-state index in [4.69, 9.17) is 0 Å². The smallest absolute Gasteiger partial charge is 0.319 e. The van der Waals surface area contributed by atoms with Crippen LogP contribution >= 0.6 is 0 Å². The number of Topliss-reactive ketones (excluding diaryl/α,β-unsaturated/α-hetero) is 1. The first-order valence-electron chi connectivity index (χ1n) is 6.64. The van der Waals surface area contributed by atoms with Crippen LogP contribution in [-0.4, -0.2) is 31.3 Å². The minimum atomic E-state index is -0.701. The molecule has 0 fully saturated rings. The van der Waals surface area contributed by atoms with Crippen LogP contribution in [0.5, 0.6) is 0 Å². The number of carbonyl (C=O) groups is 3. The standard InChI is InChI=1S/C15H21N3O3/c1-10(19)11-6-5-7-12(8-11)18-14(21)17-9-15(2,3)13(20)16-4/h5-8H,9H2,1-4H3,(H,16,20)(H2,17,18,21). The summed E-state index contributed by atoms with van der Waals surface area (Å²) in [7, 11) is 1.55. The maximum atomic E-state index is 11.8. The van der Waals surface area contributed by atoms with Gasteiger partial charge in [0.25, 0.3) is 0 Å². The van der Waals surface area contributed by atoms with E-state index in [0.717, 1.165) is 0 Å². The number of benzene rings is 1. The summed E-state index contributed by atoms with van der Waals surface area (Å²) in [4.78, 5) is 34.7. The Morgan fingerprint density at radius 3 is 2.43 bits per heavy atom. The van der Waals surface area contributed by atoms with E-state index in [1.807, 2.05) is 0 Å². The molecule has 1 aromatic carbocycles. The maximum absolute atomic E-state index is 11.8. The normalized spacial score (nSPS) is 10.7. The number of amides is 3. The summed E-state index contributed by atoms with van der Waals surface area (Å²) in [6, 6.07) is 6.25. The molecule has 1 rings (SSSR count). The first-order valence-corrected chi connectivity index (χ1v) is 6.64. The van der Waals surface area contributed by atoms with Crippen molar-refractivity contribution in [1.82, 2.24) is 10.6 Å². The Bertz CT molecular complexity index is 553. The lowest BCUT2D eigenvalue weighted by molar-refractivity contribution is -0.128. The van der Waals surface area contributed by atoms with Crippen LogP contribution in [0.2, 0.25) is 0 Å². The van der Waals surface area contributed by atoms with E-state index in [1.165, 1.54) is 6.92 Å². The maximum Gasteiger partial charge on any atom is 0.319 e. The monoisotopic (exact) mass is 291 g/mol. The largest absolute Gasteiger partial charge is 0.359 e. The van der Waals surface area contributed by atoms with Crippen molar-refractivity contribution in [3.8, 4) is 0 Å². The van der Waals surface area contributed by atoms with Crippen molar-refractivity contribution in [3.63, 3.8) is 0 Å². The number of urea groups is 1. The summed E-state index contributed by atoms with van der Waals surface area (Å²) in [5.41, 5.74) is 0.351. The second kappa shape index (κ2) is 6.88. The average molecular weight is 291 g/mol. The van der Waals surface area contributed by atoms with Crippen LogP contribution in [0.15, 0.2) is 24.3 Å². The molecule has 1 aromatic rings. The Labute approximate surface area is 124 Å². The quantitative estimate of drug-likeness (QED) is 0.723. The molecule has 114 valence electrons. The van der Waals surface area contributed by atoms with Gasteiger partial charge < -0.3 is 16.0 Å². The highest BCUT2D eigenvalue weighted by Crippen LogP contribution is 2.14. The van der Waals surface area contributed by atoms with E-state index in [0.29, 0.717) is 11.3 Å². The van der Waals surface area contributed by atoms with Gasteiger partial charge in [-0.1, -0.05) is 12.1 Å². The number of hydrogen-bond donors (Lipinski definition) is 3. The molecule has 0 unspecified atom stereocenters. The van der Waals surface area contributed by atoms with Crippen LogP contribution in [0.25, 0.3) is 0 Å². The molecule has 0 saturated carbocycles. The third kappa shape index (κ3) is 4.91. The second-order valence-electron chi connectivity index (χ2n) is 5.41. The zero-order chi connectivity index (χ0) is 16.0. The van der Waals surface area contributed by atoms with Gasteiger partial charge in [-0.3, -0.25) is 9.59 Å². The van der Waals surface area contributed by atoms with Gasteiger partial charge in [0.05, 0.1) is 5.41 Å². The van der Waals surface area contributed by atoms with Gasteiger partial charge in [-0.25, -0.2) is 4.79 Å². The number of anilines is 1. The molecule has 0 radical (unpaired) electrons. The highest BCUT2D eigenvalue weighted by molar-refractivity contribution is 5.96. The summed E-state index contributed by atoms with van der Waals surface area (Å²) in [5.74, 6) is -0.221. The summed E-state index contributed by atoms with van der Waals surface area (Å²) < 4.78 is 0. The van der Waals surface area contributed by atoms with Crippen LogP contribution < -0.4 is 16.0 Å². The molecule has 0 saturated heterocycles. The van der Waals surface area contributed by atoms with E-state index in [2.05, 4.69) is 16.0 Å². The zero-order valence-electron chi connectivity index (χ0n) is 12.7. The third-order valence-electron chi connectivity index (χ3n) is 3.06. The molecule has 0 aliphatic carbocycles. The fourth-order valence-corrected chi connectivity index (χ4v) is 1.71. The molecular weight excluding hydrogens is 270 g/mol. The molecule has 0 spiro atoms. The number of hydrogen-bond acceptors (Lipinski definition) is 3. The molecule has 0 atom stereocenters. The van der Waals surface area contributed by atoms with Gasteiger partial charge >= 0.3 is 6.03 Å². The van der Waals surface area contributed by atoms with Crippen molar-refractivity contribution in [2.75, 3.05) is 18.9 Å². The first-order chi connectivity index (χ1) is 9.76. The van der Waals surface area contributed by atoms with Crippen LogP contribution in [0.1, 0.15) is 31.1 Å². The van der Waals surface area contributed by atoms with Gasteiger partial charge in [0.2, 0.25) is 5.91 Å². The van der Waals surface area contributed by atoms with Gasteiger partial charge in [0, 0.05) is 24.8 Å². The summed E-state index contributed by atoms with van der Waals surface area (Å²) >= 11 is 0. The predicted molar refractivity (Wildman–Crippen MR) is 81.3 cm³/mol. The van der Waals surface area contributed by atoms with E-state index in [-0.39, 0.29) is 18.2 Å². The molecule has 6 heteroatoms. The fraction of sp³-hybridized carbons (Fsp3) is 0.400. The van der Waals surface area contributed by atoms with E-state index in [9.17, 15) is 14.4 Å². The number of nitrogens with one attached hydrogen (secondary N) is 3. The molecular formula is C15H21N3O3. The fourth-order valence-electron chi connectivity index (χ4n) is 1.71. The van der Waals surface area contributed by atoms with Crippen molar-refractivity contribution in [3.05, 3.63) is 29.8 Å². The second-order valence-corrected chi connectivity index (χ2v) is 5.41. The van der Waals surface area contributed by atoms with Crippen LogP contribution in [0.4, 0.5) is 10.5 Å². The lowest BCUT2D eigenvalue weighted by Gasteiger charge is -2.22. The lowest BCUT2D eigenvalue weighted by atomic mass is 9.92. The summed E-state index contributed by atoms with van der Waals surface area (Å²) in [6.07, 6.45) is 0. The van der Waals surface area contributed by atoms with Gasteiger partial charge in [0.1, 0.15) is 0 Å². The van der Waals surface area contributed by atoms with E-state index < -0.39 is 11.4 Å². The van der Waals surface area contributed by atoms with Crippen LogP contribution in [0.3, 0.4) is 0 Å². The number of rotatable bonds is 5. The Morgan fingerprint density at radius 2 is 1.86 bits per heavy atom. The van der Waals surface area contributed by atoms with Crippen molar-refractivity contribution < 1.29 is 14.4 Å². The molecule has 0 bridgehead atoms. The topological polar surface area (TPSA) is 87.3 Å². The SMILES string of the molecule is CNC(=O)C(C)(C)CNC(=O)Nc1cccc(C(C)=O)c1. The van der Waals surface area contributed by atoms with E-state index >= 15 is 0 Å². The molecule has 0 aliphatic rings. The van der Waals surface area contributed by atoms with Crippen LogP contribution in [0, 0.1) is 5.41 Å². The zero-order valence-corrected chi connectivity index (χ0v) is 12.7. The van der Waals surface area contributed by atoms with Crippen molar-refractivity contribution >= 4 is 23.4 Å². The van der Waals surface area contributed by atoms with Gasteiger partial charge in [0.15, 0.2) is 5.78 Å². The van der Waals surface area contributed by atoms with Gasteiger partial charge in [-0.15, -0.1) is 0 Å². The highest BCUT2D eigenvalue weighted by atomic mass is 16.2. The molecule has 3 amide bonds. The first kappa shape index (κ1) is 16.7. The summed E-state index contributed by atoms with van der Waals surface area (Å²) in [5, 5.41) is 7.82. The van der Waals surface area contributed by atoms with Crippen molar-refractivity contribution in [1.29, 1.82) is 0 Å². The molecule has 0 heterocycles. The molecule has 3 N–H and O–H groups in total. The Balaban J connectivity index is 2.60. The Morgan fingerprint density at radius 1 is 1.19 bits per heavy atom. The third-order valence-corrected chi connectivity index (χ3v) is 3.06. The van der Waals surface area contributed by atoms with Gasteiger partial charge in [-0.05, 0) is 32.9 Å². The number of ketones is 1. The van der Waals surface area contributed by atoms with Crippen LogP contribution in [-0.2, 0) is 4.79 Å². The lowest BCUT2D eigenvalue weighted by Crippen LogP contribution is -2.44. The van der Waals surface area contributed by atoms with E-state index in [1.54, 1.807) is 45.2 Å². The molecule has 6 nitrogen and oxygen atoms in total. The average Bonchev–Trinajstić information content (AvgIpc) is 2.44. The highest BCUT2D eigenvalue weighted by Gasteiger charge is 2.26.